The summed E-state index contributed by atoms with van der Waals surface area (Å²) < 4.78 is 5.81. The van der Waals surface area contributed by atoms with E-state index in [1.165, 1.54) is 5.56 Å². The van der Waals surface area contributed by atoms with E-state index in [1.54, 1.807) is 6.20 Å². The summed E-state index contributed by atoms with van der Waals surface area (Å²) in [5.41, 5.74) is 2.18. The van der Waals surface area contributed by atoms with Crippen LogP contribution in [0.1, 0.15) is 31.2 Å². The van der Waals surface area contributed by atoms with Gasteiger partial charge in [0.05, 0.1) is 12.7 Å². The zero-order chi connectivity index (χ0) is 20.6. The van der Waals surface area contributed by atoms with Crippen LogP contribution in [0.2, 0.25) is 0 Å². The van der Waals surface area contributed by atoms with Gasteiger partial charge in [-0.15, -0.1) is 0 Å². The van der Waals surface area contributed by atoms with Crippen LogP contribution < -0.4 is 5.32 Å². The molecule has 0 unspecified atom stereocenters. The molecule has 2 amide bonds. The topological polar surface area (TPSA) is 78.7 Å². The number of piperazine rings is 1. The van der Waals surface area contributed by atoms with E-state index in [4.69, 9.17) is 4.42 Å². The number of carbonyl (C=O) groups excluding carboxylic acids is 2. The molecule has 7 nitrogen and oxygen atoms in total. The molecule has 0 aliphatic carbocycles. The first-order valence-corrected chi connectivity index (χ1v) is 10.3. The summed E-state index contributed by atoms with van der Waals surface area (Å²) in [5, 5.41) is 2.89. The Kier molecular flexibility index (Phi) is 7.41. The molecule has 1 aliphatic rings. The zero-order valence-electron chi connectivity index (χ0n) is 17.3. The molecule has 0 saturated carbocycles. The predicted molar refractivity (Wildman–Crippen MR) is 111 cm³/mol. The summed E-state index contributed by atoms with van der Waals surface area (Å²) in [6.07, 6.45) is 3.52. The minimum atomic E-state index is 0.0555. The van der Waals surface area contributed by atoms with Gasteiger partial charge in [-0.2, -0.15) is 0 Å². The first-order chi connectivity index (χ1) is 14.0. The number of aromatic nitrogens is 1. The highest BCUT2D eigenvalue weighted by Gasteiger charge is 2.22. The number of nitrogens with zero attached hydrogens (tertiary/aromatic N) is 3. The van der Waals surface area contributed by atoms with Crippen LogP contribution in [0.5, 0.6) is 0 Å². The minimum Gasteiger partial charge on any atom is -0.441 e. The molecule has 0 radical (unpaired) electrons. The lowest BCUT2D eigenvalue weighted by molar-refractivity contribution is -0.133. The standard InChI is InChI=1S/C22H30N4O3/c1-3-10-23-20(27)16-25-11-13-26(14-12-25)22(28)9-8-21-24-15-19(29-21)18-6-4-17(2)5-7-18/h4-7,15H,3,8-14,16H2,1-2H3,(H,23,27). The van der Waals surface area contributed by atoms with Crippen molar-refractivity contribution in [2.75, 3.05) is 39.3 Å². The van der Waals surface area contributed by atoms with Crippen LogP contribution in [0, 0.1) is 6.92 Å². The van der Waals surface area contributed by atoms with Gasteiger partial charge < -0.3 is 14.6 Å². The quantitative estimate of drug-likeness (QED) is 0.738. The molecule has 29 heavy (non-hydrogen) atoms. The molecule has 1 N–H and O–H groups in total. The Balaban J connectivity index is 1.41. The van der Waals surface area contributed by atoms with Gasteiger partial charge in [-0.3, -0.25) is 14.5 Å². The monoisotopic (exact) mass is 398 g/mol. The normalized spacial score (nSPS) is 14.8. The Morgan fingerprint density at radius 1 is 1.14 bits per heavy atom. The van der Waals surface area contributed by atoms with Crippen LogP contribution in [0.15, 0.2) is 34.9 Å². The van der Waals surface area contributed by atoms with E-state index in [-0.39, 0.29) is 11.8 Å². The summed E-state index contributed by atoms with van der Waals surface area (Å²) in [6.45, 7) is 7.95. The fourth-order valence-electron chi connectivity index (χ4n) is 3.33. The highest BCUT2D eigenvalue weighted by molar-refractivity contribution is 5.78. The lowest BCUT2D eigenvalue weighted by Gasteiger charge is -2.34. The number of benzene rings is 1. The third-order valence-electron chi connectivity index (χ3n) is 5.11. The smallest absolute Gasteiger partial charge is 0.234 e. The van der Waals surface area contributed by atoms with Gasteiger partial charge >= 0.3 is 0 Å². The number of aryl methyl sites for hydroxylation is 2. The van der Waals surface area contributed by atoms with Gasteiger partial charge in [0.15, 0.2) is 11.7 Å². The largest absolute Gasteiger partial charge is 0.441 e. The van der Waals surface area contributed by atoms with Crippen molar-refractivity contribution in [1.29, 1.82) is 0 Å². The average molecular weight is 399 g/mol. The van der Waals surface area contributed by atoms with Crippen molar-refractivity contribution in [2.45, 2.75) is 33.1 Å². The van der Waals surface area contributed by atoms with Gasteiger partial charge in [0, 0.05) is 51.1 Å². The van der Waals surface area contributed by atoms with Crippen molar-refractivity contribution < 1.29 is 14.0 Å². The Morgan fingerprint density at radius 3 is 2.55 bits per heavy atom. The molecule has 0 atom stereocenters. The molecule has 7 heteroatoms. The number of amides is 2. The molecule has 156 valence electrons. The first-order valence-electron chi connectivity index (χ1n) is 10.3. The van der Waals surface area contributed by atoms with Gasteiger partial charge in [-0.25, -0.2) is 4.98 Å². The fraction of sp³-hybridized carbons (Fsp3) is 0.500. The van der Waals surface area contributed by atoms with E-state index in [0.717, 1.165) is 30.8 Å². The second-order valence-electron chi connectivity index (χ2n) is 7.49. The number of nitrogens with one attached hydrogen (secondary N) is 1. The van der Waals surface area contributed by atoms with Gasteiger partial charge in [0.1, 0.15) is 0 Å². The van der Waals surface area contributed by atoms with Gasteiger partial charge in [0.25, 0.3) is 0 Å². The molecule has 3 rings (SSSR count). The molecule has 1 fully saturated rings. The Morgan fingerprint density at radius 2 is 1.86 bits per heavy atom. The molecule has 0 spiro atoms. The number of oxazole rings is 1. The third kappa shape index (κ3) is 6.15. The Hall–Kier alpha value is -2.67. The third-order valence-corrected chi connectivity index (χ3v) is 5.11. The van der Waals surface area contributed by atoms with Gasteiger partial charge in [-0.1, -0.05) is 36.8 Å². The lowest BCUT2D eigenvalue weighted by atomic mass is 10.1. The maximum absolute atomic E-state index is 12.5. The van der Waals surface area contributed by atoms with Crippen LogP contribution in [0.3, 0.4) is 0 Å². The highest BCUT2D eigenvalue weighted by Crippen LogP contribution is 2.21. The molecule has 1 aliphatic heterocycles. The maximum atomic E-state index is 12.5. The molecule has 2 aromatic rings. The molecule has 1 aromatic heterocycles. The molecule has 1 saturated heterocycles. The van der Waals surface area contributed by atoms with Crippen LogP contribution in [-0.2, 0) is 16.0 Å². The van der Waals surface area contributed by atoms with Crippen molar-refractivity contribution in [3.05, 3.63) is 41.9 Å². The minimum absolute atomic E-state index is 0.0555. The highest BCUT2D eigenvalue weighted by atomic mass is 16.4. The number of hydrogen-bond acceptors (Lipinski definition) is 5. The van der Waals surface area contributed by atoms with E-state index in [2.05, 4.69) is 15.2 Å². The number of rotatable bonds is 8. The van der Waals surface area contributed by atoms with Crippen molar-refractivity contribution in [3.63, 3.8) is 0 Å². The Bertz CT molecular complexity index is 808. The van der Waals surface area contributed by atoms with Crippen LogP contribution in [0.25, 0.3) is 11.3 Å². The van der Waals surface area contributed by atoms with Crippen LogP contribution in [0.4, 0.5) is 0 Å². The molecule has 2 heterocycles. The second kappa shape index (κ2) is 10.2. The summed E-state index contributed by atoms with van der Waals surface area (Å²) in [5.74, 6) is 1.47. The van der Waals surface area contributed by atoms with E-state index < -0.39 is 0 Å². The summed E-state index contributed by atoms with van der Waals surface area (Å²) in [4.78, 5) is 32.6. The van der Waals surface area contributed by atoms with Gasteiger partial charge in [-0.05, 0) is 13.3 Å². The number of carbonyl (C=O) groups is 2. The average Bonchev–Trinajstić information content (AvgIpc) is 3.20. The zero-order valence-corrected chi connectivity index (χ0v) is 17.3. The second-order valence-corrected chi connectivity index (χ2v) is 7.49. The first kappa shape index (κ1) is 21.0. The molecule has 1 aromatic carbocycles. The molecular weight excluding hydrogens is 368 g/mol. The van der Waals surface area contributed by atoms with Crippen molar-refractivity contribution in [2.24, 2.45) is 0 Å². The van der Waals surface area contributed by atoms with Crippen molar-refractivity contribution in [3.8, 4) is 11.3 Å². The van der Waals surface area contributed by atoms with Crippen molar-refractivity contribution in [1.82, 2.24) is 20.1 Å². The maximum Gasteiger partial charge on any atom is 0.234 e. The van der Waals surface area contributed by atoms with Crippen LogP contribution >= 0.6 is 0 Å². The Labute approximate surface area is 172 Å². The van der Waals surface area contributed by atoms with E-state index in [0.29, 0.717) is 44.9 Å². The van der Waals surface area contributed by atoms with Crippen LogP contribution in [-0.4, -0.2) is 65.9 Å². The van der Waals surface area contributed by atoms with E-state index >= 15 is 0 Å². The van der Waals surface area contributed by atoms with E-state index in [1.807, 2.05) is 43.0 Å². The van der Waals surface area contributed by atoms with E-state index in [9.17, 15) is 9.59 Å². The summed E-state index contributed by atoms with van der Waals surface area (Å²) in [6, 6.07) is 8.09. The van der Waals surface area contributed by atoms with Gasteiger partial charge in [0.2, 0.25) is 11.8 Å². The molecular formula is C22H30N4O3. The predicted octanol–water partition coefficient (Wildman–Crippen LogP) is 2.25. The lowest BCUT2D eigenvalue weighted by Crippen LogP contribution is -2.51. The van der Waals surface area contributed by atoms with Crippen molar-refractivity contribution >= 4 is 11.8 Å². The summed E-state index contributed by atoms with van der Waals surface area (Å²) in [7, 11) is 0. The SMILES string of the molecule is CCCNC(=O)CN1CCN(C(=O)CCc2ncc(-c3ccc(C)cc3)o2)CC1. The molecule has 0 bridgehead atoms. The summed E-state index contributed by atoms with van der Waals surface area (Å²) >= 11 is 0. The fourth-order valence-corrected chi connectivity index (χ4v) is 3.33. The number of hydrogen-bond donors (Lipinski definition) is 1.